The van der Waals surface area contributed by atoms with Gasteiger partial charge in [0.05, 0.1) is 0 Å². The summed E-state index contributed by atoms with van der Waals surface area (Å²) < 4.78 is 10.8. The molecular formula is C40H66N6O9S. The summed E-state index contributed by atoms with van der Waals surface area (Å²) in [7, 11) is 0. The van der Waals surface area contributed by atoms with Crippen molar-refractivity contribution in [1.82, 2.24) is 26.6 Å². The van der Waals surface area contributed by atoms with Gasteiger partial charge >= 0.3 is 12.1 Å². The predicted octanol–water partition coefficient (Wildman–Crippen LogP) is 3.72. The Labute approximate surface area is 336 Å². The molecule has 0 unspecified atom stereocenters. The first-order chi connectivity index (χ1) is 26.2. The van der Waals surface area contributed by atoms with Gasteiger partial charge in [-0.3, -0.25) is 28.8 Å². The van der Waals surface area contributed by atoms with E-state index >= 15 is 0 Å². The highest BCUT2D eigenvalue weighted by Crippen LogP contribution is 2.15. The fraction of sp³-hybridized carbons (Fsp3) is 0.675. The number of hydrogen-bond donors (Lipinski definition) is 6. The van der Waals surface area contributed by atoms with Crippen molar-refractivity contribution in [1.29, 1.82) is 0 Å². The minimum Gasteiger partial charge on any atom is -0.461 e. The van der Waals surface area contributed by atoms with Crippen LogP contribution in [-0.2, 0) is 44.8 Å². The van der Waals surface area contributed by atoms with Crippen LogP contribution in [0.15, 0.2) is 30.3 Å². The Hall–Kier alpha value is -4.34. The molecule has 0 heterocycles. The molecule has 0 saturated heterocycles. The van der Waals surface area contributed by atoms with Gasteiger partial charge in [-0.15, -0.1) is 0 Å². The highest BCUT2D eigenvalue weighted by Gasteiger charge is 2.35. The van der Waals surface area contributed by atoms with Gasteiger partial charge in [0.2, 0.25) is 29.5 Å². The number of alkyl carbamates (subject to hydrolysis) is 1. The van der Waals surface area contributed by atoms with Crippen molar-refractivity contribution in [2.24, 2.45) is 23.5 Å². The molecule has 1 rings (SSSR count). The highest BCUT2D eigenvalue weighted by atomic mass is 32.2. The molecule has 56 heavy (non-hydrogen) atoms. The van der Waals surface area contributed by atoms with Gasteiger partial charge in [0.15, 0.2) is 0 Å². The van der Waals surface area contributed by atoms with Crippen molar-refractivity contribution in [3.05, 3.63) is 35.9 Å². The molecule has 15 nitrogen and oxygen atoms in total. The van der Waals surface area contributed by atoms with Gasteiger partial charge in [-0.1, -0.05) is 84.7 Å². The Morgan fingerprint density at radius 2 is 1.23 bits per heavy atom. The molecular weight excluding hydrogens is 741 g/mol. The van der Waals surface area contributed by atoms with E-state index in [-0.39, 0.29) is 44.1 Å². The Kier molecular flexibility index (Phi) is 22.2. The summed E-state index contributed by atoms with van der Waals surface area (Å²) in [6.07, 6.45) is 2.06. The molecule has 0 spiro atoms. The summed E-state index contributed by atoms with van der Waals surface area (Å²) in [6.45, 7) is 16.1. The molecule has 0 aromatic heterocycles. The van der Waals surface area contributed by atoms with Crippen LogP contribution in [0.2, 0.25) is 0 Å². The Balaban J connectivity index is 3.40. The van der Waals surface area contributed by atoms with Gasteiger partial charge in [-0.05, 0) is 75.4 Å². The minimum absolute atomic E-state index is 0.00650. The predicted molar refractivity (Wildman–Crippen MR) is 217 cm³/mol. The van der Waals surface area contributed by atoms with Crippen LogP contribution >= 0.6 is 11.8 Å². The van der Waals surface area contributed by atoms with Crippen LogP contribution < -0.4 is 32.3 Å². The second-order valence-corrected chi connectivity index (χ2v) is 16.5. The summed E-state index contributed by atoms with van der Waals surface area (Å²) in [6, 6.07) is 3.45. The number of thioether (sulfide) groups is 1. The molecule has 316 valence electrons. The first-order valence-electron chi connectivity index (χ1n) is 19.4. The molecule has 0 saturated carbocycles. The summed E-state index contributed by atoms with van der Waals surface area (Å²) in [5.41, 5.74) is 5.56. The lowest BCUT2D eigenvalue weighted by atomic mass is 9.94. The van der Waals surface area contributed by atoms with E-state index in [9.17, 15) is 33.6 Å². The van der Waals surface area contributed by atoms with Gasteiger partial charge in [-0.2, -0.15) is 11.8 Å². The normalized spacial score (nSPS) is 15.1. The zero-order valence-electron chi connectivity index (χ0n) is 34.8. The fourth-order valence-corrected chi connectivity index (χ4v) is 5.94. The Morgan fingerprint density at radius 3 is 1.75 bits per heavy atom. The number of nitrogens with one attached hydrogen (secondary N) is 5. The third-order valence-corrected chi connectivity index (χ3v) is 9.73. The molecule has 0 aliphatic rings. The average Bonchev–Trinajstić information content (AvgIpc) is 3.13. The van der Waals surface area contributed by atoms with Crippen LogP contribution in [0.3, 0.4) is 0 Å². The summed E-state index contributed by atoms with van der Waals surface area (Å²) in [4.78, 5) is 93.0. The number of primary amides is 1. The minimum atomic E-state index is -1.34. The zero-order valence-corrected chi connectivity index (χ0v) is 35.6. The number of hydrogen-bond acceptors (Lipinski definition) is 10. The first kappa shape index (κ1) is 49.7. The molecule has 0 fully saturated rings. The molecule has 0 aliphatic carbocycles. The monoisotopic (exact) mass is 806 g/mol. The number of nitrogens with two attached hydrogens (primary N) is 1. The summed E-state index contributed by atoms with van der Waals surface area (Å²) in [5, 5.41) is 13.5. The molecule has 7 N–H and O–H groups in total. The van der Waals surface area contributed by atoms with Crippen molar-refractivity contribution in [2.75, 3.05) is 12.0 Å². The maximum absolute atomic E-state index is 14.0. The molecule has 16 heteroatoms. The SMILES string of the molecule is CC[C@H](C)[C@H](NC(=O)[C@H](NC(=O)[C@H](CCC(=O)OCc1ccccc1)NC(=O)[C@H](CCSC)NC(=O)[C@H](CC(C)C)NC(=O)OC(C)(C)C)[C@@H](C)CC)C(N)=O. The third-order valence-electron chi connectivity index (χ3n) is 9.08. The number of ether oxygens (including phenoxy) is 2. The standard InChI is InChI=1S/C40H66N6O9S/c1-11-25(5)32(34(41)48)45-38(52)33(26(6)12-2)46-36(50)28(18-19-31(47)54-23-27-16-14-13-15-17-27)42-35(49)29(20-21-56-10)43-37(51)30(22-24(3)4)44-39(53)55-40(7,8)9/h13-17,24-26,28-30,32-33H,11-12,18-23H2,1-10H3,(H2,41,48)(H,42,49)(H,43,51)(H,44,53)(H,45,52)(H,46,50)/t25-,26-,28-,29-,30-,32-,33+/m0/s1. The summed E-state index contributed by atoms with van der Waals surface area (Å²) in [5.74, 6) is -4.25. The van der Waals surface area contributed by atoms with Crippen LogP contribution in [0.1, 0.15) is 106 Å². The number of rotatable bonds is 24. The third kappa shape index (κ3) is 19.0. The molecule has 1 aromatic carbocycles. The van der Waals surface area contributed by atoms with E-state index in [4.69, 9.17) is 15.2 Å². The lowest BCUT2D eigenvalue weighted by molar-refractivity contribution is -0.145. The van der Waals surface area contributed by atoms with E-state index in [0.717, 1.165) is 5.56 Å². The second kappa shape index (κ2) is 25.0. The quantitative estimate of drug-likeness (QED) is 0.0831. The largest absolute Gasteiger partial charge is 0.461 e. The van der Waals surface area contributed by atoms with E-state index in [0.29, 0.717) is 18.6 Å². The first-order valence-corrected chi connectivity index (χ1v) is 20.8. The number of carbonyl (C=O) groups excluding carboxylic acids is 7. The molecule has 0 aliphatic heterocycles. The molecule has 0 bridgehead atoms. The lowest BCUT2D eigenvalue weighted by Crippen LogP contribution is -2.60. The van der Waals surface area contributed by atoms with Crippen LogP contribution in [-0.4, -0.2) is 89.4 Å². The second-order valence-electron chi connectivity index (χ2n) is 15.6. The van der Waals surface area contributed by atoms with E-state index in [1.54, 1.807) is 46.8 Å². The van der Waals surface area contributed by atoms with Crippen molar-refractivity contribution in [3.63, 3.8) is 0 Å². The van der Waals surface area contributed by atoms with E-state index in [2.05, 4.69) is 26.6 Å². The lowest BCUT2D eigenvalue weighted by Gasteiger charge is -2.30. The van der Waals surface area contributed by atoms with Gasteiger partial charge < -0.3 is 41.8 Å². The number of carbonyl (C=O) groups is 7. The van der Waals surface area contributed by atoms with Gasteiger partial charge in [0.25, 0.3) is 0 Å². The van der Waals surface area contributed by atoms with Crippen molar-refractivity contribution in [2.45, 2.75) is 143 Å². The van der Waals surface area contributed by atoms with Crippen LogP contribution in [0.25, 0.3) is 0 Å². The Morgan fingerprint density at radius 1 is 0.714 bits per heavy atom. The topological polar surface area (TPSA) is 224 Å². The van der Waals surface area contributed by atoms with Gasteiger partial charge in [0, 0.05) is 6.42 Å². The van der Waals surface area contributed by atoms with Crippen molar-refractivity contribution in [3.8, 4) is 0 Å². The van der Waals surface area contributed by atoms with Crippen molar-refractivity contribution >= 4 is 53.4 Å². The molecule has 7 atom stereocenters. The van der Waals surface area contributed by atoms with E-state index in [1.165, 1.54) is 11.8 Å². The molecule has 0 radical (unpaired) electrons. The summed E-state index contributed by atoms with van der Waals surface area (Å²) >= 11 is 1.44. The zero-order chi connectivity index (χ0) is 42.6. The van der Waals surface area contributed by atoms with E-state index < -0.39 is 83.3 Å². The van der Waals surface area contributed by atoms with Gasteiger partial charge in [0.1, 0.15) is 42.4 Å². The number of benzene rings is 1. The maximum Gasteiger partial charge on any atom is 0.408 e. The molecule has 6 amide bonds. The number of esters is 1. The Bertz CT molecular complexity index is 1440. The molecule has 1 aromatic rings. The van der Waals surface area contributed by atoms with Gasteiger partial charge in [-0.25, -0.2) is 4.79 Å². The highest BCUT2D eigenvalue weighted by molar-refractivity contribution is 7.98. The van der Waals surface area contributed by atoms with Crippen LogP contribution in [0.4, 0.5) is 4.79 Å². The van der Waals surface area contributed by atoms with E-state index in [1.807, 2.05) is 52.1 Å². The van der Waals surface area contributed by atoms with Crippen LogP contribution in [0.5, 0.6) is 0 Å². The number of amides is 6. The smallest absolute Gasteiger partial charge is 0.408 e. The average molecular weight is 807 g/mol. The van der Waals surface area contributed by atoms with Crippen LogP contribution in [0, 0.1) is 17.8 Å². The van der Waals surface area contributed by atoms with Crippen molar-refractivity contribution < 1.29 is 43.0 Å². The maximum atomic E-state index is 14.0. The fourth-order valence-electron chi connectivity index (χ4n) is 5.47.